The number of hydrogen-bond acceptors (Lipinski definition) is 5. The summed E-state index contributed by atoms with van der Waals surface area (Å²) in [7, 11) is 3.30. The van der Waals surface area contributed by atoms with Crippen LogP contribution in [0.15, 0.2) is 42.5 Å². The van der Waals surface area contributed by atoms with Gasteiger partial charge in [0.1, 0.15) is 0 Å². The second-order valence-electron chi connectivity index (χ2n) is 9.02. The fourth-order valence-corrected chi connectivity index (χ4v) is 5.73. The minimum absolute atomic E-state index is 0.0182. The first kappa shape index (κ1) is 21.0. The van der Waals surface area contributed by atoms with Gasteiger partial charge in [-0.25, -0.2) is 0 Å². The van der Waals surface area contributed by atoms with Crippen LogP contribution in [0.2, 0.25) is 0 Å². The number of likely N-dealkylation sites (tertiary alicyclic amines) is 1. The fourth-order valence-electron chi connectivity index (χ4n) is 5.73. The molecule has 32 heavy (non-hydrogen) atoms. The zero-order chi connectivity index (χ0) is 22.2. The summed E-state index contributed by atoms with van der Waals surface area (Å²) >= 11 is 0. The van der Waals surface area contributed by atoms with Crippen molar-refractivity contribution in [1.82, 2.24) is 9.80 Å². The van der Waals surface area contributed by atoms with E-state index in [-0.39, 0.29) is 29.7 Å². The second kappa shape index (κ2) is 8.58. The summed E-state index contributed by atoms with van der Waals surface area (Å²) < 4.78 is 11.1. The lowest BCUT2D eigenvalue weighted by Gasteiger charge is -2.39. The summed E-state index contributed by atoms with van der Waals surface area (Å²) in [5.41, 5.74) is 3.48. The van der Waals surface area contributed by atoms with Crippen LogP contribution in [0.1, 0.15) is 48.4 Å². The van der Waals surface area contributed by atoms with Crippen LogP contribution in [0.25, 0.3) is 0 Å². The highest BCUT2D eigenvalue weighted by atomic mass is 16.5. The van der Waals surface area contributed by atoms with Crippen molar-refractivity contribution in [1.29, 1.82) is 0 Å². The predicted molar refractivity (Wildman–Crippen MR) is 120 cm³/mol. The number of benzene rings is 2. The Morgan fingerprint density at radius 1 is 0.906 bits per heavy atom. The highest BCUT2D eigenvalue weighted by Crippen LogP contribution is 2.43. The molecule has 2 aliphatic heterocycles. The van der Waals surface area contributed by atoms with Gasteiger partial charge in [-0.1, -0.05) is 43.2 Å². The molecule has 3 unspecified atom stereocenters. The third-order valence-corrected chi connectivity index (χ3v) is 7.34. The van der Waals surface area contributed by atoms with Crippen LogP contribution in [0.5, 0.6) is 11.5 Å². The van der Waals surface area contributed by atoms with Gasteiger partial charge in [0.25, 0.3) is 0 Å². The van der Waals surface area contributed by atoms with E-state index in [0.29, 0.717) is 12.4 Å². The molecule has 0 radical (unpaired) electrons. The number of rotatable bonds is 5. The van der Waals surface area contributed by atoms with Crippen molar-refractivity contribution in [3.05, 3.63) is 59.2 Å². The van der Waals surface area contributed by atoms with Gasteiger partial charge in [-0.15, -0.1) is 0 Å². The van der Waals surface area contributed by atoms with Crippen molar-refractivity contribution >= 4 is 11.8 Å². The lowest BCUT2D eigenvalue weighted by atomic mass is 9.81. The first-order valence-corrected chi connectivity index (χ1v) is 11.5. The Morgan fingerprint density at radius 3 is 2.16 bits per heavy atom. The number of carbonyl (C=O) groups is 2. The maximum Gasteiger partial charge on any atom is 0.234 e. The van der Waals surface area contributed by atoms with E-state index in [1.807, 2.05) is 24.3 Å². The van der Waals surface area contributed by atoms with Crippen molar-refractivity contribution in [2.24, 2.45) is 11.8 Å². The fraction of sp³-hybridized carbons (Fsp3) is 0.462. The Kier molecular flexibility index (Phi) is 5.64. The second-order valence-corrected chi connectivity index (χ2v) is 9.02. The highest BCUT2D eigenvalue weighted by molar-refractivity contribution is 6.05. The molecule has 0 aromatic heterocycles. The van der Waals surface area contributed by atoms with Gasteiger partial charge >= 0.3 is 0 Å². The minimum atomic E-state index is -0.118. The van der Waals surface area contributed by atoms with Crippen LogP contribution in [0, 0.1) is 11.8 Å². The van der Waals surface area contributed by atoms with Crippen molar-refractivity contribution in [3.63, 3.8) is 0 Å². The lowest BCUT2D eigenvalue weighted by molar-refractivity contribution is -0.143. The molecule has 1 saturated heterocycles. The molecule has 2 aromatic carbocycles. The SMILES string of the molecule is COc1cc2c(cc1OC)C(c1ccccc1)N(CN1C(=O)C3CCCCC3C1=O)CC2. The van der Waals surface area contributed by atoms with Crippen molar-refractivity contribution in [3.8, 4) is 11.5 Å². The summed E-state index contributed by atoms with van der Waals surface area (Å²) in [4.78, 5) is 30.1. The number of nitrogens with zero attached hydrogens (tertiary/aromatic N) is 2. The molecule has 5 rings (SSSR count). The standard InChI is InChI=1S/C26H30N2O4/c1-31-22-14-18-12-13-27(16-28-25(29)19-10-6-7-11-20(19)26(28)30)24(17-8-4-3-5-9-17)21(18)15-23(22)32-2/h3-5,8-9,14-15,19-20,24H,6-7,10-13,16H2,1-2H3. The van der Waals surface area contributed by atoms with Crippen LogP contribution in [-0.4, -0.2) is 49.0 Å². The summed E-state index contributed by atoms with van der Waals surface area (Å²) in [5, 5.41) is 0. The highest BCUT2D eigenvalue weighted by Gasteiger charge is 2.49. The maximum atomic E-state index is 13.1. The summed E-state index contributed by atoms with van der Waals surface area (Å²) in [6.07, 6.45) is 4.59. The Labute approximate surface area is 189 Å². The molecule has 0 spiro atoms. The van der Waals surface area contributed by atoms with Gasteiger partial charge in [0, 0.05) is 6.54 Å². The monoisotopic (exact) mass is 434 g/mol. The molecule has 1 aliphatic carbocycles. The normalized spacial score (nSPS) is 25.4. The van der Waals surface area contributed by atoms with Gasteiger partial charge in [0.2, 0.25) is 11.8 Å². The smallest absolute Gasteiger partial charge is 0.234 e. The van der Waals surface area contributed by atoms with Crippen molar-refractivity contribution < 1.29 is 19.1 Å². The zero-order valence-corrected chi connectivity index (χ0v) is 18.8. The molecule has 2 fully saturated rings. The lowest BCUT2D eigenvalue weighted by Crippen LogP contribution is -2.46. The van der Waals surface area contributed by atoms with Gasteiger partial charge in [0.05, 0.1) is 38.8 Å². The van der Waals surface area contributed by atoms with E-state index in [1.54, 1.807) is 14.2 Å². The molecule has 1 saturated carbocycles. The Morgan fingerprint density at radius 2 is 1.53 bits per heavy atom. The Bertz CT molecular complexity index is 998. The summed E-state index contributed by atoms with van der Waals surface area (Å²) in [6, 6.07) is 14.3. The van der Waals surface area contributed by atoms with Crippen molar-refractivity contribution in [2.45, 2.75) is 38.1 Å². The molecule has 2 aromatic rings. The molecule has 6 nitrogen and oxygen atoms in total. The molecule has 0 N–H and O–H groups in total. The van der Waals surface area contributed by atoms with Crippen molar-refractivity contribution in [2.75, 3.05) is 27.4 Å². The van der Waals surface area contributed by atoms with E-state index in [0.717, 1.165) is 55.5 Å². The molecule has 3 atom stereocenters. The van der Waals surface area contributed by atoms with Crippen LogP contribution in [0.4, 0.5) is 0 Å². The number of imide groups is 1. The summed E-state index contributed by atoms with van der Waals surface area (Å²) in [5.74, 6) is 1.21. The largest absolute Gasteiger partial charge is 0.493 e. The average Bonchev–Trinajstić information content (AvgIpc) is 3.08. The van der Waals surface area contributed by atoms with Crippen LogP contribution in [-0.2, 0) is 16.0 Å². The zero-order valence-electron chi connectivity index (χ0n) is 18.8. The quantitative estimate of drug-likeness (QED) is 0.671. The number of ether oxygens (including phenoxy) is 2. The van der Waals surface area contributed by atoms with Gasteiger partial charge in [0.15, 0.2) is 11.5 Å². The minimum Gasteiger partial charge on any atom is -0.493 e. The molecule has 0 bridgehead atoms. The third kappa shape index (κ3) is 3.47. The summed E-state index contributed by atoms with van der Waals surface area (Å²) in [6.45, 7) is 1.09. The third-order valence-electron chi connectivity index (χ3n) is 7.34. The van der Waals surface area contributed by atoms with E-state index in [9.17, 15) is 9.59 Å². The van der Waals surface area contributed by atoms with Gasteiger partial charge in [-0.3, -0.25) is 19.4 Å². The molecule has 6 heteroatoms. The Hall–Kier alpha value is -2.86. The average molecular weight is 435 g/mol. The van der Waals surface area contributed by atoms with Gasteiger partial charge < -0.3 is 9.47 Å². The van der Waals surface area contributed by atoms with Crippen LogP contribution in [0.3, 0.4) is 0 Å². The molecule has 2 heterocycles. The molecule has 168 valence electrons. The number of fused-ring (bicyclic) bond motifs is 2. The topological polar surface area (TPSA) is 59.1 Å². The number of carbonyl (C=O) groups excluding carboxylic acids is 2. The van der Waals surface area contributed by atoms with E-state index in [1.165, 1.54) is 10.5 Å². The number of hydrogen-bond donors (Lipinski definition) is 0. The van der Waals surface area contributed by atoms with Gasteiger partial charge in [-0.05, 0) is 48.1 Å². The van der Waals surface area contributed by atoms with E-state index < -0.39 is 0 Å². The molecule has 2 amide bonds. The van der Waals surface area contributed by atoms with E-state index in [4.69, 9.17) is 9.47 Å². The van der Waals surface area contributed by atoms with Gasteiger partial charge in [-0.2, -0.15) is 0 Å². The van der Waals surface area contributed by atoms with E-state index >= 15 is 0 Å². The molecular weight excluding hydrogens is 404 g/mol. The first-order valence-electron chi connectivity index (χ1n) is 11.5. The molecule has 3 aliphatic rings. The van der Waals surface area contributed by atoms with Crippen LogP contribution < -0.4 is 9.47 Å². The van der Waals surface area contributed by atoms with E-state index in [2.05, 4.69) is 23.1 Å². The maximum absolute atomic E-state index is 13.1. The Balaban J connectivity index is 1.51. The van der Waals surface area contributed by atoms with Crippen LogP contribution >= 0.6 is 0 Å². The number of amides is 2. The molecular formula is C26H30N2O4. The predicted octanol–water partition coefficient (Wildman–Crippen LogP) is 3.78. The first-order chi connectivity index (χ1) is 15.6. The number of methoxy groups -OCH3 is 2.